The molecule has 3 aliphatic carbocycles. The van der Waals surface area contributed by atoms with Crippen LogP contribution < -0.4 is 10.5 Å². The number of hydrogen-bond donors (Lipinski definition) is 3. The molecule has 2 bridgehead atoms. The van der Waals surface area contributed by atoms with Crippen molar-refractivity contribution >= 4 is 0 Å². The SMILES string of the molecule is N[C@H]1CC[C@]2(O)C3Cc4ccc(O)c5c4[C@]2(CCN3CC2CC2)[C@@H]1O5. The second-order valence-corrected chi connectivity index (χ2v) is 8.99. The standard InChI is InChI=1S/C20H26N2O3/c21-13-5-6-20(24)15-9-12-3-4-14(23)17-16(12)19(20,18(13)25-17)7-8-22(15)10-11-1-2-11/h3-4,11,13,15,18,23-24H,1-2,5-10,21H2/t13-,15?,18+,19+,20-/m0/s1. The molecule has 5 heteroatoms. The smallest absolute Gasteiger partial charge is 0.165 e. The topological polar surface area (TPSA) is 79.0 Å². The average Bonchev–Trinajstić information content (AvgIpc) is 3.32. The van der Waals surface area contributed by atoms with E-state index in [2.05, 4.69) is 4.90 Å². The molecule has 1 saturated heterocycles. The van der Waals surface area contributed by atoms with E-state index in [4.69, 9.17) is 10.5 Å². The van der Waals surface area contributed by atoms with Crippen LogP contribution >= 0.6 is 0 Å². The number of rotatable bonds is 2. The molecule has 1 aromatic carbocycles. The van der Waals surface area contributed by atoms with E-state index >= 15 is 0 Å². The molecule has 1 spiro atoms. The minimum atomic E-state index is -0.799. The average molecular weight is 342 g/mol. The summed E-state index contributed by atoms with van der Waals surface area (Å²) in [5.41, 5.74) is 7.53. The van der Waals surface area contributed by atoms with Crippen molar-refractivity contribution in [2.45, 2.75) is 67.7 Å². The van der Waals surface area contributed by atoms with Gasteiger partial charge < -0.3 is 20.7 Å². The lowest BCUT2D eigenvalue weighted by Crippen LogP contribution is -2.77. The lowest BCUT2D eigenvalue weighted by atomic mass is 9.48. The third-order valence-corrected chi connectivity index (χ3v) is 7.81. The lowest BCUT2D eigenvalue weighted by Gasteiger charge is -2.64. The highest BCUT2D eigenvalue weighted by Gasteiger charge is 2.72. The van der Waals surface area contributed by atoms with Gasteiger partial charge in [0.2, 0.25) is 0 Å². The fourth-order valence-corrected chi connectivity index (χ4v) is 6.52. The van der Waals surface area contributed by atoms with E-state index in [1.54, 1.807) is 6.07 Å². The molecule has 5 atom stereocenters. The van der Waals surface area contributed by atoms with E-state index in [1.807, 2.05) is 6.07 Å². The van der Waals surface area contributed by atoms with Gasteiger partial charge in [0, 0.05) is 24.2 Å². The van der Waals surface area contributed by atoms with E-state index in [0.717, 1.165) is 50.3 Å². The first-order valence-electron chi connectivity index (χ1n) is 9.78. The van der Waals surface area contributed by atoms with Gasteiger partial charge in [0.15, 0.2) is 11.5 Å². The number of aliphatic hydroxyl groups is 1. The molecular formula is C20H26N2O3. The number of hydrogen-bond acceptors (Lipinski definition) is 5. The minimum Gasteiger partial charge on any atom is -0.504 e. The molecule has 2 aliphatic heterocycles. The van der Waals surface area contributed by atoms with Gasteiger partial charge in [-0.1, -0.05) is 6.07 Å². The van der Waals surface area contributed by atoms with Crippen molar-refractivity contribution in [2.75, 3.05) is 13.1 Å². The molecule has 0 aromatic heterocycles. The van der Waals surface area contributed by atoms with Crippen LogP contribution in [0.15, 0.2) is 12.1 Å². The number of nitrogens with zero attached hydrogens (tertiary/aromatic N) is 1. The Kier molecular flexibility index (Phi) is 2.67. The maximum absolute atomic E-state index is 12.1. The zero-order chi connectivity index (χ0) is 17.0. The molecule has 4 N–H and O–H groups in total. The fourth-order valence-electron chi connectivity index (χ4n) is 6.52. The third kappa shape index (κ3) is 1.61. The summed E-state index contributed by atoms with van der Waals surface area (Å²) in [7, 11) is 0. The molecule has 1 aromatic rings. The van der Waals surface area contributed by atoms with Crippen molar-refractivity contribution in [3.8, 4) is 11.5 Å². The summed E-state index contributed by atoms with van der Waals surface area (Å²) in [4.78, 5) is 2.55. The first-order chi connectivity index (χ1) is 12.0. The fraction of sp³-hybridized carbons (Fsp3) is 0.700. The Morgan fingerprint density at radius 3 is 2.88 bits per heavy atom. The second-order valence-electron chi connectivity index (χ2n) is 8.99. The normalized spacial score (nSPS) is 44.3. The summed E-state index contributed by atoms with van der Waals surface area (Å²) in [6.45, 7) is 2.10. The summed E-state index contributed by atoms with van der Waals surface area (Å²) in [5, 5.41) is 22.5. The number of nitrogens with two attached hydrogens (primary N) is 1. The minimum absolute atomic E-state index is 0.0892. The Morgan fingerprint density at radius 2 is 2.08 bits per heavy atom. The zero-order valence-electron chi connectivity index (χ0n) is 14.4. The number of likely N-dealkylation sites (tertiary alicyclic amines) is 1. The molecule has 5 aliphatic rings. The highest BCUT2D eigenvalue weighted by molar-refractivity contribution is 5.62. The molecular weight excluding hydrogens is 316 g/mol. The molecule has 0 amide bonds. The third-order valence-electron chi connectivity index (χ3n) is 7.81. The Labute approximate surface area is 147 Å². The summed E-state index contributed by atoms with van der Waals surface area (Å²) in [6, 6.07) is 3.84. The van der Waals surface area contributed by atoms with Gasteiger partial charge in [-0.2, -0.15) is 0 Å². The number of benzene rings is 1. The van der Waals surface area contributed by atoms with Crippen LogP contribution in [0.4, 0.5) is 0 Å². The molecule has 2 heterocycles. The highest BCUT2D eigenvalue weighted by Crippen LogP contribution is 2.65. The molecule has 1 unspecified atom stereocenters. The summed E-state index contributed by atoms with van der Waals surface area (Å²) >= 11 is 0. The van der Waals surface area contributed by atoms with Crippen LogP contribution in [-0.4, -0.2) is 52.0 Å². The van der Waals surface area contributed by atoms with Crippen LogP contribution in [0.25, 0.3) is 0 Å². The van der Waals surface area contributed by atoms with Crippen molar-refractivity contribution in [2.24, 2.45) is 11.7 Å². The maximum atomic E-state index is 12.1. The van der Waals surface area contributed by atoms with Crippen molar-refractivity contribution in [3.05, 3.63) is 23.3 Å². The summed E-state index contributed by atoms with van der Waals surface area (Å²) in [6.07, 6.45) is 5.66. The Balaban J connectivity index is 1.57. The lowest BCUT2D eigenvalue weighted by molar-refractivity contribution is -0.189. The van der Waals surface area contributed by atoms with Crippen molar-refractivity contribution in [3.63, 3.8) is 0 Å². The van der Waals surface area contributed by atoms with E-state index in [0.29, 0.717) is 5.75 Å². The highest BCUT2D eigenvalue weighted by atomic mass is 16.5. The van der Waals surface area contributed by atoms with Gasteiger partial charge in [-0.3, -0.25) is 4.90 Å². The van der Waals surface area contributed by atoms with Crippen molar-refractivity contribution in [1.29, 1.82) is 0 Å². The van der Waals surface area contributed by atoms with E-state index in [1.165, 1.54) is 18.4 Å². The largest absolute Gasteiger partial charge is 0.504 e. The maximum Gasteiger partial charge on any atom is 0.165 e. The molecule has 0 radical (unpaired) electrons. The van der Waals surface area contributed by atoms with Gasteiger partial charge in [-0.15, -0.1) is 0 Å². The number of phenolic OH excluding ortho intramolecular Hbond substituents is 1. The molecule has 25 heavy (non-hydrogen) atoms. The van der Waals surface area contributed by atoms with Gasteiger partial charge >= 0.3 is 0 Å². The first kappa shape index (κ1) is 14.8. The quantitative estimate of drug-likeness (QED) is 0.755. The molecule has 134 valence electrons. The van der Waals surface area contributed by atoms with Crippen molar-refractivity contribution in [1.82, 2.24) is 4.90 Å². The number of ether oxygens (including phenoxy) is 1. The Morgan fingerprint density at radius 1 is 1.24 bits per heavy atom. The second kappa shape index (κ2) is 4.51. The molecule has 2 saturated carbocycles. The van der Waals surface area contributed by atoms with Crippen LogP contribution in [0, 0.1) is 5.92 Å². The van der Waals surface area contributed by atoms with E-state index in [-0.39, 0.29) is 23.9 Å². The monoisotopic (exact) mass is 342 g/mol. The van der Waals surface area contributed by atoms with Gasteiger partial charge in [0.05, 0.1) is 11.0 Å². The number of aromatic hydroxyl groups is 1. The molecule has 6 rings (SSSR count). The van der Waals surface area contributed by atoms with Gasteiger partial charge in [-0.05, 0) is 62.6 Å². The summed E-state index contributed by atoms with van der Waals surface area (Å²) in [5.74, 6) is 1.60. The van der Waals surface area contributed by atoms with Crippen molar-refractivity contribution < 1.29 is 14.9 Å². The van der Waals surface area contributed by atoms with Gasteiger partial charge in [-0.25, -0.2) is 0 Å². The number of piperidine rings is 1. The van der Waals surface area contributed by atoms with Crippen LogP contribution in [0.5, 0.6) is 11.5 Å². The zero-order valence-corrected chi connectivity index (χ0v) is 14.4. The van der Waals surface area contributed by atoms with E-state index in [9.17, 15) is 10.2 Å². The van der Waals surface area contributed by atoms with E-state index < -0.39 is 11.0 Å². The van der Waals surface area contributed by atoms with Crippen LogP contribution in [0.3, 0.4) is 0 Å². The predicted molar refractivity (Wildman–Crippen MR) is 92.8 cm³/mol. The van der Waals surface area contributed by atoms with Gasteiger partial charge in [0.25, 0.3) is 0 Å². The molecule has 3 fully saturated rings. The van der Waals surface area contributed by atoms with Crippen LogP contribution in [-0.2, 0) is 11.8 Å². The first-order valence-corrected chi connectivity index (χ1v) is 9.78. The number of phenols is 1. The predicted octanol–water partition coefficient (Wildman–Crippen LogP) is 1.28. The van der Waals surface area contributed by atoms with Crippen LogP contribution in [0.1, 0.15) is 43.2 Å². The molecule has 5 nitrogen and oxygen atoms in total. The summed E-state index contributed by atoms with van der Waals surface area (Å²) < 4.78 is 6.26. The Bertz CT molecular complexity index is 764. The van der Waals surface area contributed by atoms with Gasteiger partial charge in [0.1, 0.15) is 6.10 Å². The van der Waals surface area contributed by atoms with Crippen LogP contribution in [0.2, 0.25) is 0 Å². The Hall–Kier alpha value is -1.30.